The quantitative estimate of drug-likeness (QED) is 0.928. The average molecular weight is 300 g/mol. The summed E-state index contributed by atoms with van der Waals surface area (Å²) in [6.07, 6.45) is 2.52. The molecule has 1 fully saturated rings. The van der Waals surface area contributed by atoms with Gasteiger partial charge in [0.05, 0.1) is 7.11 Å². The lowest BCUT2D eigenvalue weighted by molar-refractivity contribution is 0.0693. The molecular formula is C15H22ClNO3. The minimum absolute atomic E-state index is 0. The summed E-state index contributed by atoms with van der Waals surface area (Å²) in [6, 6.07) is 5.41. The topological polar surface area (TPSA) is 49.8 Å². The van der Waals surface area contributed by atoms with E-state index in [9.17, 15) is 9.90 Å². The van der Waals surface area contributed by atoms with Gasteiger partial charge in [0.1, 0.15) is 11.3 Å². The van der Waals surface area contributed by atoms with Crippen molar-refractivity contribution in [3.05, 3.63) is 29.3 Å². The SMILES string of the molecule is COc1ccc(CN2CCCC(C)C2)cc1C(=O)O.Cl. The normalized spacial score (nSPS) is 19.2. The molecular weight excluding hydrogens is 278 g/mol. The summed E-state index contributed by atoms with van der Waals surface area (Å²) >= 11 is 0. The molecule has 1 aliphatic rings. The number of ether oxygens (including phenoxy) is 1. The van der Waals surface area contributed by atoms with Crippen molar-refractivity contribution in [2.45, 2.75) is 26.3 Å². The Morgan fingerprint density at radius 1 is 1.50 bits per heavy atom. The first-order valence-corrected chi connectivity index (χ1v) is 6.72. The molecule has 0 radical (unpaired) electrons. The van der Waals surface area contributed by atoms with Crippen molar-refractivity contribution in [3.8, 4) is 5.75 Å². The van der Waals surface area contributed by atoms with Crippen LogP contribution in [0.15, 0.2) is 18.2 Å². The van der Waals surface area contributed by atoms with E-state index in [1.807, 2.05) is 6.07 Å². The van der Waals surface area contributed by atoms with Crippen LogP contribution < -0.4 is 4.74 Å². The summed E-state index contributed by atoms with van der Waals surface area (Å²) in [7, 11) is 1.49. The number of benzene rings is 1. The molecule has 5 heteroatoms. The molecule has 1 aromatic rings. The van der Waals surface area contributed by atoms with Crippen molar-refractivity contribution in [1.29, 1.82) is 0 Å². The second-order valence-electron chi connectivity index (χ2n) is 5.32. The highest BCUT2D eigenvalue weighted by atomic mass is 35.5. The Hall–Kier alpha value is -1.26. The van der Waals surface area contributed by atoms with Crippen molar-refractivity contribution >= 4 is 18.4 Å². The summed E-state index contributed by atoms with van der Waals surface area (Å²) in [4.78, 5) is 13.6. The van der Waals surface area contributed by atoms with Gasteiger partial charge < -0.3 is 9.84 Å². The molecule has 0 aliphatic carbocycles. The van der Waals surface area contributed by atoms with Crippen LogP contribution in [0.2, 0.25) is 0 Å². The van der Waals surface area contributed by atoms with Gasteiger partial charge in [0.2, 0.25) is 0 Å². The van der Waals surface area contributed by atoms with Crippen LogP contribution in [-0.2, 0) is 6.54 Å². The molecule has 1 saturated heterocycles. The number of carbonyl (C=O) groups is 1. The Labute approximate surface area is 126 Å². The lowest BCUT2D eigenvalue weighted by atomic mass is 9.99. The average Bonchev–Trinajstić information content (AvgIpc) is 2.38. The number of aromatic carboxylic acids is 1. The van der Waals surface area contributed by atoms with Crippen molar-refractivity contribution in [2.75, 3.05) is 20.2 Å². The fraction of sp³-hybridized carbons (Fsp3) is 0.533. The molecule has 1 atom stereocenters. The number of carboxylic acids is 1. The zero-order chi connectivity index (χ0) is 13.8. The predicted molar refractivity (Wildman–Crippen MR) is 80.9 cm³/mol. The van der Waals surface area contributed by atoms with Crippen LogP contribution in [0.5, 0.6) is 5.75 Å². The van der Waals surface area contributed by atoms with Crippen LogP contribution in [-0.4, -0.2) is 36.2 Å². The Morgan fingerprint density at radius 2 is 2.25 bits per heavy atom. The van der Waals surface area contributed by atoms with E-state index in [2.05, 4.69) is 11.8 Å². The van der Waals surface area contributed by atoms with E-state index in [-0.39, 0.29) is 18.0 Å². The molecule has 2 rings (SSSR count). The molecule has 1 unspecified atom stereocenters. The molecule has 0 amide bonds. The number of piperidine rings is 1. The van der Waals surface area contributed by atoms with E-state index >= 15 is 0 Å². The molecule has 0 bridgehead atoms. The number of likely N-dealkylation sites (tertiary alicyclic amines) is 1. The zero-order valence-corrected chi connectivity index (χ0v) is 12.8. The summed E-state index contributed by atoms with van der Waals surface area (Å²) in [5.74, 6) is 0.208. The van der Waals surface area contributed by atoms with Crippen LogP contribution in [0, 0.1) is 5.92 Å². The standard InChI is InChI=1S/C15H21NO3.ClH/c1-11-4-3-7-16(9-11)10-12-5-6-14(19-2)13(8-12)15(17)18;/h5-6,8,11H,3-4,7,9-10H2,1-2H3,(H,17,18);1H. The monoisotopic (exact) mass is 299 g/mol. The molecule has 4 nitrogen and oxygen atoms in total. The van der Waals surface area contributed by atoms with Gasteiger partial charge in [-0.25, -0.2) is 4.79 Å². The highest BCUT2D eigenvalue weighted by Crippen LogP contribution is 2.22. The van der Waals surface area contributed by atoms with E-state index in [1.54, 1.807) is 12.1 Å². The van der Waals surface area contributed by atoms with E-state index < -0.39 is 5.97 Å². The second-order valence-corrected chi connectivity index (χ2v) is 5.32. The zero-order valence-electron chi connectivity index (χ0n) is 12.0. The van der Waals surface area contributed by atoms with Crippen molar-refractivity contribution < 1.29 is 14.6 Å². The van der Waals surface area contributed by atoms with Gasteiger partial charge in [-0.05, 0) is 43.0 Å². The van der Waals surface area contributed by atoms with E-state index in [1.165, 1.54) is 20.0 Å². The number of methoxy groups -OCH3 is 1. The molecule has 0 aromatic heterocycles. The lowest BCUT2D eigenvalue weighted by Crippen LogP contribution is -2.33. The molecule has 0 spiro atoms. The molecule has 112 valence electrons. The highest BCUT2D eigenvalue weighted by molar-refractivity contribution is 5.91. The smallest absolute Gasteiger partial charge is 0.339 e. The minimum Gasteiger partial charge on any atom is -0.496 e. The van der Waals surface area contributed by atoms with Gasteiger partial charge in [-0.15, -0.1) is 12.4 Å². The van der Waals surface area contributed by atoms with Crippen LogP contribution in [0.25, 0.3) is 0 Å². The molecule has 1 aliphatic heterocycles. The van der Waals surface area contributed by atoms with Crippen molar-refractivity contribution in [3.63, 3.8) is 0 Å². The number of hydrogen-bond acceptors (Lipinski definition) is 3. The van der Waals surface area contributed by atoms with Crippen LogP contribution in [0.1, 0.15) is 35.7 Å². The number of rotatable bonds is 4. The molecule has 1 N–H and O–H groups in total. The van der Waals surface area contributed by atoms with Gasteiger partial charge in [-0.1, -0.05) is 13.0 Å². The summed E-state index contributed by atoms with van der Waals surface area (Å²) in [6.45, 7) is 5.27. The van der Waals surface area contributed by atoms with Crippen molar-refractivity contribution in [2.24, 2.45) is 5.92 Å². The minimum atomic E-state index is -0.939. The second kappa shape index (κ2) is 7.50. The summed E-state index contributed by atoms with van der Waals surface area (Å²) < 4.78 is 5.07. The maximum absolute atomic E-state index is 11.2. The summed E-state index contributed by atoms with van der Waals surface area (Å²) in [5, 5.41) is 9.18. The highest BCUT2D eigenvalue weighted by Gasteiger charge is 2.17. The number of carboxylic acid groups (broad SMARTS) is 1. The van der Waals surface area contributed by atoms with Gasteiger partial charge in [0.15, 0.2) is 0 Å². The Kier molecular flexibility index (Phi) is 6.30. The third kappa shape index (κ3) is 4.12. The van der Waals surface area contributed by atoms with Crippen molar-refractivity contribution in [1.82, 2.24) is 4.90 Å². The van der Waals surface area contributed by atoms with Gasteiger partial charge in [0, 0.05) is 13.1 Å². The van der Waals surface area contributed by atoms with Gasteiger partial charge in [0.25, 0.3) is 0 Å². The summed E-state index contributed by atoms with van der Waals surface area (Å²) in [5.41, 5.74) is 1.28. The lowest BCUT2D eigenvalue weighted by Gasteiger charge is -2.30. The molecule has 1 heterocycles. The first kappa shape index (κ1) is 16.8. The Bertz CT molecular complexity index is 464. The number of nitrogens with zero attached hydrogens (tertiary/aromatic N) is 1. The van der Waals surface area contributed by atoms with E-state index in [0.717, 1.165) is 31.1 Å². The molecule has 1 aromatic carbocycles. The molecule has 0 saturated carbocycles. The van der Waals surface area contributed by atoms with E-state index in [0.29, 0.717) is 5.75 Å². The predicted octanol–water partition coefficient (Wildman–Crippen LogP) is 3.05. The largest absolute Gasteiger partial charge is 0.496 e. The van der Waals surface area contributed by atoms with Crippen LogP contribution >= 0.6 is 12.4 Å². The maximum atomic E-state index is 11.2. The first-order valence-electron chi connectivity index (χ1n) is 6.72. The maximum Gasteiger partial charge on any atom is 0.339 e. The fourth-order valence-electron chi connectivity index (χ4n) is 2.71. The van der Waals surface area contributed by atoms with Crippen LogP contribution in [0.4, 0.5) is 0 Å². The first-order chi connectivity index (χ1) is 9.10. The third-order valence-corrected chi connectivity index (χ3v) is 3.64. The number of hydrogen-bond donors (Lipinski definition) is 1. The van der Waals surface area contributed by atoms with Gasteiger partial charge in [-0.3, -0.25) is 4.90 Å². The molecule has 20 heavy (non-hydrogen) atoms. The fourth-order valence-corrected chi connectivity index (χ4v) is 2.71. The Balaban J connectivity index is 0.00000200. The third-order valence-electron chi connectivity index (χ3n) is 3.64. The van der Waals surface area contributed by atoms with Crippen LogP contribution in [0.3, 0.4) is 0 Å². The van der Waals surface area contributed by atoms with Gasteiger partial charge >= 0.3 is 5.97 Å². The Morgan fingerprint density at radius 3 is 2.85 bits per heavy atom. The van der Waals surface area contributed by atoms with E-state index in [4.69, 9.17) is 4.74 Å². The number of halogens is 1. The van der Waals surface area contributed by atoms with Gasteiger partial charge in [-0.2, -0.15) is 0 Å².